The van der Waals surface area contributed by atoms with E-state index in [1.54, 1.807) is 0 Å². The molecule has 3 aromatic carbocycles. The summed E-state index contributed by atoms with van der Waals surface area (Å²) in [4.78, 5) is 4.27. The Labute approximate surface area is 209 Å². The summed E-state index contributed by atoms with van der Waals surface area (Å²) >= 11 is 15.6. The predicted octanol–water partition coefficient (Wildman–Crippen LogP) is 8.06. The van der Waals surface area contributed by atoms with Gasteiger partial charge in [-0.1, -0.05) is 81.6 Å². The van der Waals surface area contributed by atoms with Gasteiger partial charge >= 0.3 is 6.18 Å². The highest BCUT2D eigenvalue weighted by atomic mass is 79.9. The van der Waals surface area contributed by atoms with Gasteiger partial charge in [0.1, 0.15) is 5.41 Å². The lowest BCUT2D eigenvalue weighted by atomic mass is 9.77. The Kier molecular flexibility index (Phi) is 7.20. The molecule has 0 aliphatic carbocycles. The van der Waals surface area contributed by atoms with E-state index in [1.807, 2.05) is 48.5 Å². The molecule has 3 aromatic rings. The van der Waals surface area contributed by atoms with Crippen molar-refractivity contribution in [3.8, 4) is 0 Å². The van der Waals surface area contributed by atoms with Gasteiger partial charge in [-0.3, -0.25) is 4.99 Å². The molecule has 2 atom stereocenters. The number of nitrogens with one attached hydrogen (secondary N) is 1. The van der Waals surface area contributed by atoms with Crippen molar-refractivity contribution in [2.24, 2.45) is 4.99 Å². The van der Waals surface area contributed by atoms with Crippen molar-refractivity contribution in [3.05, 3.63) is 104 Å². The molecule has 1 aliphatic rings. The molecule has 2 nitrogen and oxygen atoms in total. The fraction of sp³-hybridized carbons (Fsp3) is 0.240. The number of alkyl halides is 3. The van der Waals surface area contributed by atoms with Crippen molar-refractivity contribution in [1.29, 1.82) is 0 Å². The van der Waals surface area contributed by atoms with Crippen LogP contribution in [0.5, 0.6) is 0 Å². The molecule has 0 amide bonds. The van der Waals surface area contributed by atoms with E-state index in [2.05, 4.69) is 26.2 Å². The molecule has 8 heteroatoms. The SMILES string of the molecule is FC(F)(F)C1(c2cc(Cl)cc(Cl)c2)C=NC(c2ccc(CNCc3ccccc3)c(Br)c2)C1. The van der Waals surface area contributed by atoms with Crippen LogP contribution >= 0.6 is 39.1 Å². The van der Waals surface area contributed by atoms with Crippen LogP contribution in [0.3, 0.4) is 0 Å². The van der Waals surface area contributed by atoms with Crippen molar-refractivity contribution < 1.29 is 13.2 Å². The second-order valence-corrected chi connectivity index (χ2v) is 9.79. The quantitative estimate of drug-likeness (QED) is 0.327. The minimum Gasteiger partial charge on any atom is -0.309 e. The highest BCUT2D eigenvalue weighted by Gasteiger charge is 2.58. The predicted molar refractivity (Wildman–Crippen MR) is 131 cm³/mol. The lowest BCUT2D eigenvalue weighted by molar-refractivity contribution is -0.168. The van der Waals surface area contributed by atoms with Gasteiger partial charge in [0.15, 0.2) is 0 Å². The van der Waals surface area contributed by atoms with Crippen molar-refractivity contribution in [3.63, 3.8) is 0 Å². The zero-order valence-electron chi connectivity index (χ0n) is 17.3. The first kappa shape index (κ1) is 24.3. The second kappa shape index (κ2) is 9.79. The van der Waals surface area contributed by atoms with Gasteiger partial charge in [-0.15, -0.1) is 0 Å². The molecule has 0 saturated heterocycles. The van der Waals surface area contributed by atoms with Crippen LogP contribution in [0.15, 0.2) is 76.2 Å². The van der Waals surface area contributed by atoms with E-state index in [0.717, 1.165) is 22.8 Å². The topological polar surface area (TPSA) is 24.4 Å². The first-order valence-corrected chi connectivity index (χ1v) is 11.8. The van der Waals surface area contributed by atoms with E-state index >= 15 is 0 Å². The van der Waals surface area contributed by atoms with Crippen LogP contribution in [-0.4, -0.2) is 12.4 Å². The van der Waals surface area contributed by atoms with Crippen LogP contribution < -0.4 is 5.32 Å². The Morgan fingerprint density at radius 2 is 1.67 bits per heavy atom. The summed E-state index contributed by atoms with van der Waals surface area (Å²) in [6, 6.07) is 19.0. The third-order valence-corrected chi connectivity index (χ3v) is 7.00. The molecular weight excluding hydrogens is 536 g/mol. The number of benzene rings is 3. The average molecular weight is 556 g/mol. The standard InChI is InChI=1S/C25H20BrCl2F3N2/c26-22-8-17(6-7-18(22)14-32-13-16-4-2-1-3-5-16)23-12-24(15-33-23,25(29,30)31)19-9-20(27)11-21(28)10-19/h1-11,15,23,32H,12-14H2. The van der Waals surface area contributed by atoms with E-state index in [4.69, 9.17) is 23.2 Å². The molecule has 0 aromatic heterocycles. The minimum absolute atomic E-state index is 0.000419. The maximum atomic E-state index is 14.3. The fourth-order valence-corrected chi connectivity index (χ4v) is 5.10. The third kappa shape index (κ3) is 5.29. The Morgan fingerprint density at radius 1 is 0.970 bits per heavy atom. The zero-order chi connectivity index (χ0) is 23.6. The van der Waals surface area contributed by atoms with Gasteiger partial charge in [0, 0.05) is 33.8 Å². The van der Waals surface area contributed by atoms with Gasteiger partial charge in [-0.2, -0.15) is 13.2 Å². The summed E-state index contributed by atoms with van der Waals surface area (Å²) < 4.78 is 43.7. The highest BCUT2D eigenvalue weighted by Crippen LogP contribution is 2.51. The molecule has 0 bridgehead atoms. The Hall–Kier alpha value is -1.86. The van der Waals surface area contributed by atoms with Crippen LogP contribution in [0.2, 0.25) is 10.0 Å². The smallest absolute Gasteiger partial charge is 0.309 e. The lowest BCUT2D eigenvalue weighted by Gasteiger charge is -2.30. The fourth-order valence-electron chi connectivity index (χ4n) is 4.04. The molecule has 1 aliphatic heterocycles. The largest absolute Gasteiger partial charge is 0.403 e. The van der Waals surface area contributed by atoms with Gasteiger partial charge in [-0.05, 0) is 52.9 Å². The number of halogens is 6. The Balaban J connectivity index is 1.52. The monoisotopic (exact) mass is 554 g/mol. The minimum atomic E-state index is -4.54. The van der Waals surface area contributed by atoms with Gasteiger partial charge < -0.3 is 5.32 Å². The second-order valence-electron chi connectivity index (χ2n) is 8.07. The van der Waals surface area contributed by atoms with E-state index in [1.165, 1.54) is 23.8 Å². The Bertz CT molecular complexity index is 1150. The molecule has 1 N–H and O–H groups in total. The highest BCUT2D eigenvalue weighted by molar-refractivity contribution is 9.10. The van der Waals surface area contributed by atoms with Crippen LogP contribution in [0, 0.1) is 0 Å². The summed E-state index contributed by atoms with van der Waals surface area (Å²) in [6.45, 7) is 1.34. The molecule has 2 unspecified atom stereocenters. The van der Waals surface area contributed by atoms with Crippen LogP contribution in [-0.2, 0) is 18.5 Å². The number of hydrogen-bond acceptors (Lipinski definition) is 2. The van der Waals surface area contributed by atoms with E-state index in [-0.39, 0.29) is 22.0 Å². The Morgan fingerprint density at radius 3 is 2.30 bits per heavy atom. The van der Waals surface area contributed by atoms with Gasteiger partial charge in [0.25, 0.3) is 0 Å². The van der Waals surface area contributed by atoms with Crippen LogP contribution in [0.25, 0.3) is 0 Å². The summed E-state index contributed by atoms with van der Waals surface area (Å²) in [7, 11) is 0. The van der Waals surface area contributed by atoms with Crippen molar-refractivity contribution in [2.45, 2.75) is 37.1 Å². The molecule has 172 valence electrons. The maximum absolute atomic E-state index is 14.3. The average Bonchev–Trinajstić information content (AvgIpc) is 3.22. The maximum Gasteiger partial charge on any atom is 0.403 e. The third-order valence-electron chi connectivity index (χ3n) is 5.82. The zero-order valence-corrected chi connectivity index (χ0v) is 20.4. The molecule has 1 heterocycles. The number of hydrogen-bond donors (Lipinski definition) is 1. The van der Waals surface area contributed by atoms with Crippen LogP contribution in [0.1, 0.15) is 34.7 Å². The van der Waals surface area contributed by atoms with Gasteiger partial charge in [0.05, 0.1) is 6.04 Å². The summed E-state index contributed by atoms with van der Waals surface area (Å²) in [5.41, 5.74) is 0.661. The van der Waals surface area contributed by atoms with Crippen LogP contribution in [0.4, 0.5) is 13.2 Å². The summed E-state index contributed by atoms with van der Waals surface area (Å²) in [6.07, 6.45) is -3.79. The summed E-state index contributed by atoms with van der Waals surface area (Å²) in [5.74, 6) is 0. The van der Waals surface area contributed by atoms with E-state index in [0.29, 0.717) is 12.1 Å². The van der Waals surface area contributed by atoms with E-state index in [9.17, 15) is 13.2 Å². The normalized spacial score (nSPS) is 20.4. The van der Waals surface area contributed by atoms with Crippen molar-refractivity contribution in [2.75, 3.05) is 0 Å². The molecule has 0 saturated carbocycles. The van der Waals surface area contributed by atoms with Crippen molar-refractivity contribution in [1.82, 2.24) is 5.32 Å². The molecule has 0 radical (unpaired) electrons. The van der Waals surface area contributed by atoms with Gasteiger partial charge in [-0.25, -0.2) is 0 Å². The van der Waals surface area contributed by atoms with E-state index < -0.39 is 17.6 Å². The lowest BCUT2D eigenvalue weighted by Crippen LogP contribution is -2.42. The molecule has 4 rings (SSSR count). The number of aliphatic imine (C=N–C) groups is 1. The number of nitrogens with zero attached hydrogens (tertiary/aromatic N) is 1. The summed E-state index contributed by atoms with van der Waals surface area (Å²) in [5, 5.41) is 3.70. The molecular formula is C25H20BrCl2F3N2. The van der Waals surface area contributed by atoms with Crippen molar-refractivity contribution >= 4 is 45.3 Å². The first-order valence-electron chi connectivity index (χ1n) is 10.3. The first-order chi connectivity index (χ1) is 15.7. The molecule has 0 fully saturated rings. The molecule has 0 spiro atoms. The van der Waals surface area contributed by atoms with Gasteiger partial charge in [0.2, 0.25) is 0 Å². The molecule has 33 heavy (non-hydrogen) atoms. The number of rotatable bonds is 6.